The highest BCUT2D eigenvalue weighted by molar-refractivity contribution is 5.59. The van der Waals surface area contributed by atoms with Crippen LogP contribution in [0.2, 0.25) is 0 Å². The number of nitrogens with zero attached hydrogens (tertiary/aromatic N) is 5. The molecule has 1 saturated heterocycles. The molecule has 160 valence electrons. The van der Waals surface area contributed by atoms with Crippen molar-refractivity contribution in [3.8, 4) is 11.3 Å². The molecule has 0 N–H and O–H groups in total. The summed E-state index contributed by atoms with van der Waals surface area (Å²) in [5.41, 5.74) is 5.82. The molecule has 6 nitrogen and oxygen atoms in total. The fourth-order valence-electron chi connectivity index (χ4n) is 5.01. The molecule has 0 aromatic carbocycles. The van der Waals surface area contributed by atoms with Crippen LogP contribution in [-0.4, -0.2) is 39.1 Å². The zero-order valence-electron chi connectivity index (χ0n) is 18.1. The summed E-state index contributed by atoms with van der Waals surface area (Å²) in [4.78, 5) is 26.2. The van der Waals surface area contributed by atoms with Gasteiger partial charge in [-0.05, 0) is 55.9 Å². The van der Waals surface area contributed by atoms with Gasteiger partial charge in [0, 0.05) is 68.0 Å². The number of hydrogen-bond acceptors (Lipinski definition) is 5. The van der Waals surface area contributed by atoms with E-state index in [0.29, 0.717) is 11.6 Å². The van der Waals surface area contributed by atoms with Crippen LogP contribution in [0.3, 0.4) is 0 Å². The predicted octanol–water partition coefficient (Wildman–Crippen LogP) is 3.88. The lowest BCUT2D eigenvalue weighted by Gasteiger charge is -2.37. The number of pyridine rings is 1. The highest BCUT2D eigenvalue weighted by atomic mass is 16.1. The monoisotopic (exact) mass is 415 g/mol. The Morgan fingerprint density at radius 1 is 1.13 bits per heavy atom. The quantitative estimate of drug-likeness (QED) is 0.759. The van der Waals surface area contributed by atoms with E-state index in [9.17, 15) is 4.79 Å². The maximum absolute atomic E-state index is 12.6. The number of allylic oxidation sites excluding steroid dienone is 3. The van der Waals surface area contributed by atoms with Gasteiger partial charge in [0.25, 0.3) is 5.56 Å². The van der Waals surface area contributed by atoms with E-state index in [1.165, 1.54) is 30.7 Å². The first-order valence-electron chi connectivity index (χ1n) is 11.2. The van der Waals surface area contributed by atoms with Crippen LogP contribution in [0.25, 0.3) is 11.3 Å². The van der Waals surface area contributed by atoms with Gasteiger partial charge in [-0.15, -0.1) is 0 Å². The van der Waals surface area contributed by atoms with E-state index in [-0.39, 0.29) is 5.56 Å². The number of anilines is 1. The topological polar surface area (TPSA) is 54.3 Å². The first-order chi connectivity index (χ1) is 15.1. The minimum absolute atomic E-state index is 0.0380. The van der Waals surface area contributed by atoms with Crippen LogP contribution >= 0.6 is 0 Å². The molecule has 4 heterocycles. The van der Waals surface area contributed by atoms with Crippen molar-refractivity contribution in [3.63, 3.8) is 0 Å². The standard InChI is InChI=1S/C25H29N5O/c1-18(30-16-11-21-5-3-4-6-23(21)30)19-9-14-29(15-10-19)25-27-22(17-24(31)28(25)2)20-7-12-26-13-8-20/h4,6-8,12-13,17,19H,1,3,5,9-11,14-16H2,2H3. The van der Waals surface area contributed by atoms with Crippen molar-refractivity contribution in [1.29, 1.82) is 0 Å². The maximum Gasteiger partial charge on any atom is 0.255 e. The Bertz CT molecular complexity index is 1110. The van der Waals surface area contributed by atoms with Crippen molar-refractivity contribution < 1.29 is 0 Å². The lowest BCUT2D eigenvalue weighted by atomic mass is 9.93. The van der Waals surface area contributed by atoms with Gasteiger partial charge in [0.05, 0.1) is 5.69 Å². The third-order valence-corrected chi connectivity index (χ3v) is 6.86. The van der Waals surface area contributed by atoms with Gasteiger partial charge in [0.2, 0.25) is 5.95 Å². The Morgan fingerprint density at radius 3 is 2.68 bits per heavy atom. The molecule has 1 fully saturated rings. The summed E-state index contributed by atoms with van der Waals surface area (Å²) < 4.78 is 1.66. The number of piperidine rings is 1. The first kappa shape index (κ1) is 19.8. The van der Waals surface area contributed by atoms with Crippen LogP contribution in [0.4, 0.5) is 5.95 Å². The van der Waals surface area contributed by atoms with Gasteiger partial charge in [0.15, 0.2) is 0 Å². The van der Waals surface area contributed by atoms with Crippen molar-refractivity contribution >= 4 is 5.95 Å². The Balaban J connectivity index is 1.31. The van der Waals surface area contributed by atoms with Crippen molar-refractivity contribution in [2.24, 2.45) is 13.0 Å². The lowest BCUT2D eigenvalue weighted by molar-refractivity contribution is 0.350. The van der Waals surface area contributed by atoms with Crippen molar-refractivity contribution in [1.82, 2.24) is 19.4 Å². The molecule has 2 aromatic rings. The molecule has 1 aliphatic carbocycles. The molecule has 31 heavy (non-hydrogen) atoms. The molecule has 0 saturated carbocycles. The minimum Gasteiger partial charge on any atom is -0.345 e. The van der Waals surface area contributed by atoms with Gasteiger partial charge in [-0.25, -0.2) is 4.98 Å². The summed E-state index contributed by atoms with van der Waals surface area (Å²) in [6.07, 6.45) is 13.6. The highest BCUT2D eigenvalue weighted by Gasteiger charge is 2.30. The second kappa shape index (κ2) is 8.17. The zero-order chi connectivity index (χ0) is 21.4. The maximum atomic E-state index is 12.6. The van der Waals surface area contributed by atoms with Gasteiger partial charge < -0.3 is 9.80 Å². The largest absolute Gasteiger partial charge is 0.345 e. The Morgan fingerprint density at radius 2 is 1.90 bits per heavy atom. The van der Waals surface area contributed by atoms with E-state index < -0.39 is 0 Å². The van der Waals surface area contributed by atoms with Crippen molar-refractivity contribution in [2.75, 3.05) is 24.5 Å². The van der Waals surface area contributed by atoms with Crippen molar-refractivity contribution in [3.05, 3.63) is 76.6 Å². The van der Waals surface area contributed by atoms with Gasteiger partial charge in [-0.3, -0.25) is 14.3 Å². The Kier molecular flexibility index (Phi) is 5.22. The smallest absolute Gasteiger partial charge is 0.255 e. The summed E-state index contributed by atoms with van der Waals surface area (Å²) in [6.45, 7) is 7.31. The summed E-state index contributed by atoms with van der Waals surface area (Å²) in [7, 11) is 1.81. The molecule has 0 bridgehead atoms. The molecule has 5 rings (SSSR count). The third-order valence-electron chi connectivity index (χ3n) is 6.86. The Labute approximate surface area is 183 Å². The Hall–Kier alpha value is -3.15. The van der Waals surface area contributed by atoms with Gasteiger partial charge in [-0.1, -0.05) is 12.7 Å². The molecule has 2 aromatic heterocycles. The summed E-state index contributed by atoms with van der Waals surface area (Å²) in [6, 6.07) is 5.38. The lowest BCUT2D eigenvalue weighted by Crippen LogP contribution is -2.40. The zero-order valence-corrected chi connectivity index (χ0v) is 18.1. The highest BCUT2D eigenvalue weighted by Crippen LogP contribution is 2.37. The van der Waals surface area contributed by atoms with Crippen LogP contribution < -0.4 is 10.5 Å². The molecule has 0 unspecified atom stereocenters. The molecule has 0 atom stereocenters. The number of aromatic nitrogens is 3. The van der Waals surface area contributed by atoms with E-state index >= 15 is 0 Å². The molecule has 0 radical (unpaired) electrons. The van der Waals surface area contributed by atoms with E-state index in [4.69, 9.17) is 4.98 Å². The first-order valence-corrected chi connectivity index (χ1v) is 11.2. The van der Waals surface area contributed by atoms with Gasteiger partial charge >= 0.3 is 0 Å². The van der Waals surface area contributed by atoms with E-state index in [2.05, 4.69) is 33.5 Å². The molecular weight excluding hydrogens is 386 g/mol. The average Bonchev–Trinajstić information content (AvgIpc) is 3.25. The minimum atomic E-state index is -0.0380. The number of rotatable bonds is 4. The molecule has 2 aliphatic heterocycles. The fraction of sp³-hybridized carbons (Fsp3) is 0.400. The third kappa shape index (κ3) is 3.71. The average molecular weight is 416 g/mol. The van der Waals surface area contributed by atoms with E-state index in [1.807, 2.05) is 12.1 Å². The SMILES string of the molecule is C=C(C1CCN(c2nc(-c3ccncc3)cc(=O)n2C)CC1)N1CCC2=C1C=CCC2. The normalized spacial score (nSPS) is 19.1. The van der Waals surface area contributed by atoms with Gasteiger partial charge in [0.1, 0.15) is 0 Å². The second-order valence-corrected chi connectivity index (χ2v) is 8.66. The summed E-state index contributed by atoms with van der Waals surface area (Å²) >= 11 is 0. The molecule has 0 spiro atoms. The van der Waals surface area contributed by atoms with Crippen LogP contribution in [-0.2, 0) is 7.05 Å². The molecular formula is C25H29N5O. The van der Waals surface area contributed by atoms with Crippen LogP contribution in [0.1, 0.15) is 32.1 Å². The van der Waals surface area contributed by atoms with Crippen molar-refractivity contribution in [2.45, 2.75) is 32.1 Å². The fourth-order valence-corrected chi connectivity index (χ4v) is 5.01. The summed E-state index contributed by atoms with van der Waals surface area (Å²) in [5, 5.41) is 0. The molecule has 6 heteroatoms. The van der Waals surface area contributed by atoms with E-state index in [1.54, 1.807) is 35.6 Å². The second-order valence-electron chi connectivity index (χ2n) is 8.66. The predicted molar refractivity (Wildman–Crippen MR) is 124 cm³/mol. The van der Waals surface area contributed by atoms with Gasteiger partial charge in [-0.2, -0.15) is 0 Å². The summed E-state index contributed by atoms with van der Waals surface area (Å²) in [5.74, 6) is 1.21. The van der Waals surface area contributed by atoms with Crippen LogP contribution in [0.15, 0.2) is 71.1 Å². The number of hydrogen-bond donors (Lipinski definition) is 0. The molecule has 3 aliphatic rings. The molecule has 0 amide bonds. The van der Waals surface area contributed by atoms with E-state index in [0.717, 1.165) is 44.0 Å². The van der Waals surface area contributed by atoms with Crippen LogP contribution in [0.5, 0.6) is 0 Å². The van der Waals surface area contributed by atoms with Crippen LogP contribution in [0, 0.1) is 5.92 Å².